The van der Waals surface area contributed by atoms with E-state index in [1.165, 1.54) is 0 Å². The van der Waals surface area contributed by atoms with Gasteiger partial charge in [0.05, 0.1) is 17.8 Å². The van der Waals surface area contributed by atoms with Crippen molar-refractivity contribution in [3.05, 3.63) is 18.3 Å². The van der Waals surface area contributed by atoms with Gasteiger partial charge in [-0.05, 0) is 45.7 Å². The summed E-state index contributed by atoms with van der Waals surface area (Å²) in [4.78, 5) is 10.0. The summed E-state index contributed by atoms with van der Waals surface area (Å²) in [5, 5.41) is 1.98. The fraction of sp³-hybridized carbons (Fsp3) is 0.643. The molecule has 1 atom stereocenters. The Kier molecular flexibility index (Phi) is 4.27. The quantitative estimate of drug-likeness (QED) is 0.908. The van der Waals surface area contributed by atoms with Crippen LogP contribution in [0.25, 0.3) is 0 Å². The second-order valence-corrected chi connectivity index (χ2v) is 5.87. The van der Waals surface area contributed by atoms with Crippen LogP contribution in [0.3, 0.4) is 0 Å². The van der Waals surface area contributed by atoms with Crippen LogP contribution in [0, 0.1) is 0 Å². The summed E-state index contributed by atoms with van der Waals surface area (Å²) < 4.78 is 5.87. The minimum absolute atomic E-state index is 0.0771. The molecule has 0 saturated carbocycles. The van der Waals surface area contributed by atoms with Crippen molar-refractivity contribution in [3.8, 4) is 5.88 Å². The first-order valence-corrected chi connectivity index (χ1v) is 6.75. The maximum absolute atomic E-state index is 5.88. The molecule has 5 nitrogen and oxygen atoms in total. The van der Waals surface area contributed by atoms with Gasteiger partial charge in [-0.25, -0.2) is 4.98 Å². The smallest absolute Gasteiger partial charge is 0.237 e. The Bertz CT molecular complexity index is 417. The lowest BCUT2D eigenvalue weighted by Gasteiger charge is -2.36. The molecule has 106 valence electrons. The normalized spacial score (nSPS) is 21.3. The van der Waals surface area contributed by atoms with Gasteiger partial charge in [0.1, 0.15) is 6.10 Å². The summed E-state index contributed by atoms with van der Waals surface area (Å²) in [6, 6.07) is 3.60. The van der Waals surface area contributed by atoms with Crippen LogP contribution in [0.2, 0.25) is 0 Å². The molecule has 19 heavy (non-hydrogen) atoms. The van der Waals surface area contributed by atoms with Crippen molar-refractivity contribution in [2.24, 2.45) is 0 Å². The molecule has 2 heterocycles. The van der Waals surface area contributed by atoms with E-state index in [-0.39, 0.29) is 11.7 Å². The molecule has 1 aliphatic heterocycles. The van der Waals surface area contributed by atoms with Crippen molar-refractivity contribution in [1.82, 2.24) is 10.0 Å². The second kappa shape index (κ2) is 5.75. The number of hydrogen-bond donors (Lipinski definition) is 1. The number of aromatic nitrogens is 1. The molecule has 1 fully saturated rings. The largest absolute Gasteiger partial charge is 0.471 e. The monoisotopic (exact) mass is 265 g/mol. The number of hydroxylamine groups is 2. The van der Waals surface area contributed by atoms with Crippen LogP contribution in [0.5, 0.6) is 5.88 Å². The molecule has 0 aromatic carbocycles. The van der Waals surface area contributed by atoms with E-state index in [4.69, 9.17) is 15.3 Å². The summed E-state index contributed by atoms with van der Waals surface area (Å²) in [5.74, 6) is 0.519. The summed E-state index contributed by atoms with van der Waals surface area (Å²) in [6.45, 7) is 7.83. The van der Waals surface area contributed by atoms with E-state index in [0.29, 0.717) is 11.6 Å². The van der Waals surface area contributed by atoms with E-state index in [9.17, 15) is 0 Å². The van der Waals surface area contributed by atoms with Crippen LogP contribution in [0.15, 0.2) is 18.3 Å². The Labute approximate surface area is 114 Å². The number of nitrogens with zero attached hydrogens (tertiary/aromatic N) is 2. The van der Waals surface area contributed by atoms with Crippen LogP contribution in [0.1, 0.15) is 33.6 Å². The third-order valence-electron chi connectivity index (χ3n) is 2.82. The number of rotatable bonds is 3. The van der Waals surface area contributed by atoms with Crippen LogP contribution in [0.4, 0.5) is 5.69 Å². The van der Waals surface area contributed by atoms with Gasteiger partial charge in [0, 0.05) is 12.7 Å². The van der Waals surface area contributed by atoms with E-state index in [1.807, 2.05) is 25.8 Å². The Morgan fingerprint density at radius 2 is 2.21 bits per heavy atom. The molecule has 1 saturated heterocycles. The highest BCUT2D eigenvalue weighted by Gasteiger charge is 2.26. The zero-order valence-corrected chi connectivity index (χ0v) is 11.9. The minimum Gasteiger partial charge on any atom is -0.471 e. The summed E-state index contributed by atoms with van der Waals surface area (Å²) in [7, 11) is 0. The van der Waals surface area contributed by atoms with Crippen molar-refractivity contribution in [2.45, 2.75) is 45.3 Å². The average molecular weight is 265 g/mol. The number of nitrogen functional groups attached to an aromatic ring is 1. The zero-order chi connectivity index (χ0) is 13.9. The lowest BCUT2D eigenvalue weighted by molar-refractivity contribution is -0.245. The SMILES string of the molecule is CC(C)(C)ON1CCCC(Oc2ncccc2N)C1. The lowest BCUT2D eigenvalue weighted by atomic mass is 10.1. The molecule has 2 N–H and O–H groups in total. The first-order chi connectivity index (χ1) is 8.94. The first-order valence-electron chi connectivity index (χ1n) is 6.75. The van der Waals surface area contributed by atoms with E-state index >= 15 is 0 Å². The van der Waals surface area contributed by atoms with Crippen LogP contribution in [-0.4, -0.2) is 34.8 Å². The van der Waals surface area contributed by atoms with Crippen molar-refractivity contribution < 1.29 is 9.57 Å². The molecule has 5 heteroatoms. The van der Waals surface area contributed by atoms with E-state index in [1.54, 1.807) is 18.3 Å². The van der Waals surface area contributed by atoms with Gasteiger partial charge in [0.25, 0.3) is 0 Å². The summed E-state index contributed by atoms with van der Waals surface area (Å²) in [6.07, 6.45) is 3.82. The van der Waals surface area contributed by atoms with Crippen LogP contribution < -0.4 is 10.5 Å². The molecule has 0 amide bonds. The number of anilines is 1. The highest BCUT2D eigenvalue weighted by Crippen LogP contribution is 2.23. The molecule has 0 aliphatic carbocycles. The Balaban J connectivity index is 1.93. The Morgan fingerprint density at radius 3 is 2.89 bits per heavy atom. The molecular formula is C14H23N3O2. The fourth-order valence-corrected chi connectivity index (χ4v) is 2.13. The maximum atomic E-state index is 5.88. The number of pyridine rings is 1. The fourth-order valence-electron chi connectivity index (χ4n) is 2.13. The highest BCUT2D eigenvalue weighted by molar-refractivity contribution is 5.46. The maximum Gasteiger partial charge on any atom is 0.237 e. The van der Waals surface area contributed by atoms with Crippen molar-refractivity contribution in [3.63, 3.8) is 0 Å². The summed E-state index contributed by atoms with van der Waals surface area (Å²) >= 11 is 0. The number of piperidine rings is 1. The third-order valence-corrected chi connectivity index (χ3v) is 2.82. The zero-order valence-electron chi connectivity index (χ0n) is 11.9. The topological polar surface area (TPSA) is 60.6 Å². The number of nitrogens with two attached hydrogens (primary N) is 1. The van der Waals surface area contributed by atoms with Gasteiger partial charge in [-0.2, -0.15) is 5.06 Å². The lowest BCUT2D eigenvalue weighted by Crippen LogP contribution is -2.44. The van der Waals surface area contributed by atoms with Crippen molar-refractivity contribution in [2.75, 3.05) is 18.8 Å². The Hall–Kier alpha value is -1.33. The molecule has 0 radical (unpaired) electrons. The van der Waals surface area contributed by atoms with E-state index < -0.39 is 0 Å². The molecule has 0 bridgehead atoms. The van der Waals surface area contributed by atoms with E-state index in [2.05, 4.69) is 4.98 Å². The second-order valence-electron chi connectivity index (χ2n) is 5.87. The van der Waals surface area contributed by atoms with Gasteiger partial charge in [0.2, 0.25) is 5.88 Å². The van der Waals surface area contributed by atoms with Crippen LogP contribution >= 0.6 is 0 Å². The number of hydrogen-bond acceptors (Lipinski definition) is 5. The summed E-state index contributed by atoms with van der Waals surface area (Å²) in [5.41, 5.74) is 6.25. The molecule has 1 aromatic rings. The first kappa shape index (κ1) is 14.1. The van der Waals surface area contributed by atoms with Crippen molar-refractivity contribution in [1.29, 1.82) is 0 Å². The predicted octanol–water partition coefficient (Wildman–Crippen LogP) is 2.24. The van der Waals surface area contributed by atoms with Gasteiger partial charge in [-0.1, -0.05) is 0 Å². The molecule has 0 spiro atoms. The van der Waals surface area contributed by atoms with Crippen LogP contribution in [-0.2, 0) is 4.84 Å². The van der Waals surface area contributed by atoms with Gasteiger partial charge in [-0.15, -0.1) is 0 Å². The highest BCUT2D eigenvalue weighted by atomic mass is 16.7. The molecular weight excluding hydrogens is 242 g/mol. The van der Waals surface area contributed by atoms with Gasteiger partial charge in [0.15, 0.2) is 0 Å². The van der Waals surface area contributed by atoms with Gasteiger partial charge < -0.3 is 10.5 Å². The third kappa shape index (κ3) is 4.36. The molecule has 2 rings (SSSR count). The predicted molar refractivity (Wildman–Crippen MR) is 74.7 cm³/mol. The average Bonchev–Trinajstić information content (AvgIpc) is 2.30. The number of ether oxygens (including phenoxy) is 1. The van der Waals surface area contributed by atoms with E-state index in [0.717, 1.165) is 25.9 Å². The minimum atomic E-state index is -0.175. The molecule has 1 unspecified atom stereocenters. The molecule has 1 aliphatic rings. The molecule has 1 aromatic heterocycles. The standard InChI is InChI=1S/C14H23N3O2/c1-14(2,3)19-17-9-5-6-11(10-17)18-13-12(15)7-4-8-16-13/h4,7-8,11H,5-6,9-10,15H2,1-3H3. The van der Waals surface area contributed by atoms with Crippen molar-refractivity contribution >= 4 is 5.69 Å². The van der Waals surface area contributed by atoms with Gasteiger partial charge in [-0.3, -0.25) is 4.84 Å². The Morgan fingerprint density at radius 1 is 1.42 bits per heavy atom. The van der Waals surface area contributed by atoms with Gasteiger partial charge >= 0.3 is 0 Å².